The van der Waals surface area contributed by atoms with Crippen molar-refractivity contribution < 1.29 is 22.7 Å². The van der Waals surface area contributed by atoms with Crippen LogP contribution in [-0.4, -0.2) is 18.9 Å². The second kappa shape index (κ2) is 5.07. The molecule has 0 atom stereocenters. The van der Waals surface area contributed by atoms with E-state index in [1.165, 1.54) is 0 Å². The van der Waals surface area contributed by atoms with Gasteiger partial charge in [0.15, 0.2) is 6.61 Å². The Morgan fingerprint density at radius 2 is 2.00 bits per heavy atom. The van der Waals surface area contributed by atoms with Crippen LogP contribution in [0.4, 0.5) is 23.7 Å². The Hall–Kier alpha value is -1.72. The third-order valence-electron chi connectivity index (χ3n) is 2.00. The number of carbonyl (C=O) groups is 1. The van der Waals surface area contributed by atoms with Crippen LogP contribution in [0.2, 0.25) is 0 Å². The Labute approximate surface area is 96.6 Å². The molecular formula is C11H12F3NO2. The first-order valence-electron chi connectivity index (χ1n) is 4.86. The Balaban J connectivity index is 2.59. The molecule has 1 N–H and O–H groups in total. The van der Waals surface area contributed by atoms with Crippen LogP contribution in [0.25, 0.3) is 0 Å². The van der Waals surface area contributed by atoms with E-state index in [0.29, 0.717) is 5.69 Å². The molecule has 0 unspecified atom stereocenters. The number of rotatable bonds is 2. The van der Waals surface area contributed by atoms with Crippen molar-refractivity contribution in [2.24, 2.45) is 0 Å². The number of alkyl halides is 3. The zero-order valence-electron chi connectivity index (χ0n) is 9.39. The highest BCUT2D eigenvalue weighted by atomic mass is 19.4. The molecule has 0 aliphatic carbocycles. The second-order valence-corrected chi connectivity index (χ2v) is 3.63. The first kappa shape index (κ1) is 13.3. The van der Waals surface area contributed by atoms with Crippen molar-refractivity contribution in [1.29, 1.82) is 0 Å². The highest BCUT2D eigenvalue weighted by Gasteiger charge is 2.29. The van der Waals surface area contributed by atoms with Crippen molar-refractivity contribution in [2.45, 2.75) is 20.0 Å². The maximum atomic E-state index is 11.8. The highest BCUT2D eigenvalue weighted by Crippen LogP contribution is 2.18. The summed E-state index contributed by atoms with van der Waals surface area (Å²) in [5.41, 5.74) is 2.08. The summed E-state index contributed by atoms with van der Waals surface area (Å²) in [7, 11) is 0. The molecule has 3 nitrogen and oxygen atoms in total. The fourth-order valence-electron chi connectivity index (χ4n) is 1.16. The maximum absolute atomic E-state index is 11.8. The molecule has 0 radical (unpaired) electrons. The van der Waals surface area contributed by atoms with Crippen LogP contribution < -0.4 is 5.32 Å². The summed E-state index contributed by atoms with van der Waals surface area (Å²) < 4.78 is 39.4. The Bertz CT molecular complexity index is 416. The molecule has 1 amide bonds. The lowest BCUT2D eigenvalue weighted by atomic mass is 10.1. The van der Waals surface area contributed by atoms with Gasteiger partial charge in [-0.3, -0.25) is 5.32 Å². The van der Waals surface area contributed by atoms with Gasteiger partial charge in [-0.15, -0.1) is 0 Å². The van der Waals surface area contributed by atoms with Gasteiger partial charge in [0.1, 0.15) is 0 Å². The molecule has 1 aromatic rings. The summed E-state index contributed by atoms with van der Waals surface area (Å²) in [5, 5.41) is 2.26. The molecule has 94 valence electrons. The van der Waals surface area contributed by atoms with Gasteiger partial charge >= 0.3 is 12.3 Å². The van der Waals surface area contributed by atoms with Crippen LogP contribution in [0.15, 0.2) is 18.2 Å². The van der Waals surface area contributed by atoms with Crippen molar-refractivity contribution in [3.8, 4) is 0 Å². The number of amides is 1. The molecule has 0 aliphatic rings. The zero-order chi connectivity index (χ0) is 13.1. The zero-order valence-corrected chi connectivity index (χ0v) is 9.39. The van der Waals surface area contributed by atoms with Crippen molar-refractivity contribution in [3.63, 3.8) is 0 Å². The molecule has 0 bridgehead atoms. The predicted octanol–water partition coefficient (Wildman–Crippen LogP) is 3.41. The molecule has 0 heterocycles. The Morgan fingerprint density at radius 3 is 2.59 bits per heavy atom. The fraction of sp³-hybridized carbons (Fsp3) is 0.364. The first-order valence-corrected chi connectivity index (χ1v) is 4.86. The largest absolute Gasteiger partial charge is 0.440 e. The summed E-state index contributed by atoms with van der Waals surface area (Å²) in [6.07, 6.45) is -5.63. The first-order chi connectivity index (χ1) is 7.78. The van der Waals surface area contributed by atoms with Gasteiger partial charge in [0.25, 0.3) is 0 Å². The number of carbonyl (C=O) groups excluding carboxylic acids is 1. The minimum Gasteiger partial charge on any atom is -0.440 e. The van der Waals surface area contributed by atoms with E-state index in [-0.39, 0.29) is 0 Å². The molecule has 17 heavy (non-hydrogen) atoms. The SMILES string of the molecule is Cc1ccc(C)c(NC(=O)OCC(F)(F)F)c1. The molecule has 0 saturated carbocycles. The van der Waals surface area contributed by atoms with Crippen LogP contribution >= 0.6 is 0 Å². The van der Waals surface area contributed by atoms with E-state index in [1.807, 2.05) is 13.0 Å². The molecule has 6 heteroatoms. The van der Waals surface area contributed by atoms with Gasteiger partial charge < -0.3 is 4.74 Å². The van der Waals surface area contributed by atoms with Gasteiger partial charge in [-0.25, -0.2) is 4.79 Å². The number of hydrogen-bond acceptors (Lipinski definition) is 2. The standard InChI is InChI=1S/C11H12F3NO2/c1-7-3-4-8(2)9(5-7)15-10(16)17-6-11(12,13)14/h3-5H,6H2,1-2H3,(H,15,16). The van der Waals surface area contributed by atoms with Gasteiger partial charge in [0.05, 0.1) is 0 Å². The molecular weight excluding hydrogens is 235 g/mol. The monoisotopic (exact) mass is 247 g/mol. The van der Waals surface area contributed by atoms with Crippen molar-refractivity contribution in [3.05, 3.63) is 29.3 Å². The number of nitrogens with one attached hydrogen (secondary N) is 1. The molecule has 0 saturated heterocycles. The van der Waals surface area contributed by atoms with Gasteiger partial charge in [-0.1, -0.05) is 12.1 Å². The van der Waals surface area contributed by atoms with Crippen molar-refractivity contribution >= 4 is 11.8 Å². The van der Waals surface area contributed by atoms with E-state index in [2.05, 4.69) is 10.1 Å². The van der Waals surface area contributed by atoms with Crippen molar-refractivity contribution in [1.82, 2.24) is 0 Å². The number of ether oxygens (including phenoxy) is 1. The number of aryl methyl sites for hydroxylation is 2. The van der Waals surface area contributed by atoms with Gasteiger partial charge in [0.2, 0.25) is 0 Å². The normalized spacial score (nSPS) is 11.1. The van der Waals surface area contributed by atoms with E-state index in [4.69, 9.17) is 0 Å². The van der Waals surface area contributed by atoms with E-state index < -0.39 is 18.9 Å². The summed E-state index contributed by atoms with van der Waals surface area (Å²) in [6.45, 7) is 1.95. The fourth-order valence-corrected chi connectivity index (χ4v) is 1.16. The van der Waals surface area contributed by atoms with Crippen LogP contribution in [0.3, 0.4) is 0 Å². The van der Waals surface area contributed by atoms with Crippen molar-refractivity contribution in [2.75, 3.05) is 11.9 Å². The summed E-state index contributed by atoms with van der Waals surface area (Å²) >= 11 is 0. The minimum atomic E-state index is -4.51. The minimum absolute atomic E-state index is 0.442. The Kier molecular flexibility index (Phi) is 3.98. The summed E-state index contributed by atoms with van der Waals surface area (Å²) in [4.78, 5) is 11.1. The molecule has 0 fully saturated rings. The summed E-state index contributed by atoms with van der Waals surface area (Å²) in [5.74, 6) is 0. The Morgan fingerprint density at radius 1 is 1.35 bits per heavy atom. The molecule has 1 aromatic carbocycles. The lowest BCUT2D eigenvalue weighted by Gasteiger charge is -2.11. The number of anilines is 1. The van der Waals surface area contributed by atoms with Gasteiger partial charge in [0, 0.05) is 5.69 Å². The lowest BCUT2D eigenvalue weighted by molar-refractivity contribution is -0.159. The van der Waals surface area contributed by atoms with Crippen LogP contribution in [0.5, 0.6) is 0 Å². The number of benzene rings is 1. The second-order valence-electron chi connectivity index (χ2n) is 3.63. The topological polar surface area (TPSA) is 38.3 Å². The van der Waals surface area contributed by atoms with E-state index in [9.17, 15) is 18.0 Å². The highest BCUT2D eigenvalue weighted by molar-refractivity contribution is 5.85. The third-order valence-corrected chi connectivity index (χ3v) is 2.00. The summed E-state index contributed by atoms with van der Waals surface area (Å²) in [6, 6.07) is 5.25. The molecule has 0 aliphatic heterocycles. The number of halogens is 3. The van der Waals surface area contributed by atoms with Gasteiger partial charge in [-0.2, -0.15) is 13.2 Å². The van der Waals surface area contributed by atoms with E-state index >= 15 is 0 Å². The maximum Gasteiger partial charge on any atom is 0.422 e. The smallest absolute Gasteiger partial charge is 0.422 e. The lowest BCUT2D eigenvalue weighted by Crippen LogP contribution is -2.23. The average molecular weight is 247 g/mol. The predicted molar refractivity (Wildman–Crippen MR) is 56.9 cm³/mol. The quantitative estimate of drug-likeness (QED) is 0.869. The van der Waals surface area contributed by atoms with Crippen LogP contribution in [0, 0.1) is 13.8 Å². The molecule has 1 rings (SSSR count). The van der Waals surface area contributed by atoms with E-state index in [0.717, 1.165) is 11.1 Å². The number of hydrogen-bond donors (Lipinski definition) is 1. The molecule has 0 aromatic heterocycles. The van der Waals surface area contributed by atoms with Crippen LogP contribution in [-0.2, 0) is 4.74 Å². The van der Waals surface area contributed by atoms with Crippen LogP contribution in [0.1, 0.15) is 11.1 Å². The van der Waals surface area contributed by atoms with Gasteiger partial charge in [-0.05, 0) is 31.0 Å². The third kappa shape index (κ3) is 4.76. The average Bonchev–Trinajstić information content (AvgIpc) is 2.20. The molecule has 0 spiro atoms. The van der Waals surface area contributed by atoms with E-state index in [1.54, 1.807) is 19.1 Å².